The summed E-state index contributed by atoms with van der Waals surface area (Å²) in [6, 6.07) is 8.04. The van der Waals surface area contributed by atoms with Crippen molar-refractivity contribution in [3.8, 4) is 0 Å². The van der Waals surface area contributed by atoms with E-state index in [1.54, 1.807) is 0 Å². The third kappa shape index (κ3) is 4.32. The molecule has 1 aromatic carbocycles. The highest BCUT2D eigenvalue weighted by molar-refractivity contribution is 8.16. The smallest absolute Gasteiger partial charge is 0.256 e. The molecule has 1 atom stereocenters. The van der Waals surface area contributed by atoms with Gasteiger partial charge in [-0.1, -0.05) is 47.7 Å². The molecule has 25 heavy (non-hydrogen) atoms. The van der Waals surface area contributed by atoms with Gasteiger partial charge in [0.25, 0.3) is 5.91 Å². The second-order valence-electron chi connectivity index (χ2n) is 7.14. The van der Waals surface area contributed by atoms with Crippen molar-refractivity contribution in [2.24, 2.45) is 5.10 Å². The topological polar surface area (TPSA) is 64.9 Å². The third-order valence-electron chi connectivity index (χ3n) is 4.62. The van der Waals surface area contributed by atoms with Crippen molar-refractivity contribution < 1.29 is 9.90 Å². The molecule has 2 aliphatic heterocycles. The number of β-amino-alcohol motifs (C(OH)–C–C–N with tert-alkyl or cyclic N) is 1. The molecule has 0 aromatic heterocycles. The Kier molecular flexibility index (Phi) is 5.32. The number of nitrogens with one attached hydrogen (secondary N) is 1. The summed E-state index contributed by atoms with van der Waals surface area (Å²) in [6.07, 6.45) is 2.55. The lowest BCUT2D eigenvalue weighted by Gasteiger charge is -2.31. The number of aliphatic hydroxyl groups excluding tert-OH is 1. The van der Waals surface area contributed by atoms with Crippen LogP contribution in [0, 0.1) is 6.92 Å². The molecule has 0 spiro atoms. The quantitative estimate of drug-likeness (QED) is 0.867. The molecule has 0 saturated carbocycles. The van der Waals surface area contributed by atoms with Crippen LogP contribution in [0.5, 0.6) is 0 Å². The van der Waals surface area contributed by atoms with E-state index >= 15 is 0 Å². The van der Waals surface area contributed by atoms with Crippen molar-refractivity contribution in [1.29, 1.82) is 0 Å². The monoisotopic (exact) mass is 359 g/mol. The molecule has 5 nitrogen and oxygen atoms in total. The highest BCUT2D eigenvalue weighted by Crippen LogP contribution is 2.33. The Morgan fingerprint density at radius 1 is 1.36 bits per heavy atom. The molecule has 0 saturated heterocycles. The second kappa shape index (κ2) is 7.32. The minimum atomic E-state index is -0.489. The first-order chi connectivity index (χ1) is 11.8. The van der Waals surface area contributed by atoms with Crippen molar-refractivity contribution in [1.82, 2.24) is 10.3 Å². The van der Waals surface area contributed by atoms with E-state index in [0.717, 1.165) is 30.1 Å². The third-order valence-corrected chi connectivity index (χ3v) is 5.86. The summed E-state index contributed by atoms with van der Waals surface area (Å²) in [5.41, 5.74) is 5.95. The number of amides is 1. The van der Waals surface area contributed by atoms with Crippen molar-refractivity contribution in [3.05, 3.63) is 47.0 Å². The van der Waals surface area contributed by atoms with E-state index < -0.39 is 10.9 Å². The van der Waals surface area contributed by atoms with Crippen molar-refractivity contribution >= 4 is 22.7 Å². The van der Waals surface area contributed by atoms with E-state index in [0.29, 0.717) is 6.54 Å². The zero-order valence-corrected chi connectivity index (χ0v) is 15.8. The van der Waals surface area contributed by atoms with E-state index in [-0.39, 0.29) is 5.91 Å². The zero-order valence-electron chi connectivity index (χ0n) is 15.0. The lowest BCUT2D eigenvalue weighted by Crippen LogP contribution is -2.43. The minimum Gasteiger partial charge on any atom is -0.387 e. The molecule has 0 bridgehead atoms. The number of aryl methyl sites for hydroxylation is 1. The lowest BCUT2D eigenvalue weighted by molar-refractivity contribution is -0.122. The number of nitrogens with zero attached hydrogens (tertiary/aromatic N) is 2. The summed E-state index contributed by atoms with van der Waals surface area (Å²) in [6.45, 7) is 8.15. The van der Waals surface area contributed by atoms with Gasteiger partial charge in [-0.3, -0.25) is 9.69 Å². The Labute approximate surface area is 153 Å². The summed E-state index contributed by atoms with van der Waals surface area (Å²) in [5, 5.41) is 15.6. The number of aliphatic hydroxyl groups is 1. The number of carbonyl (C=O) groups is 1. The molecule has 6 heteroatoms. The number of carbonyl (C=O) groups excluding carboxylic acids is 1. The molecule has 2 N–H and O–H groups in total. The van der Waals surface area contributed by atoms with Crippen LogP contribution in [-0.2, 0) is 4.79 Å². The standard InChI is InChI=1S/C19H25N3O2S/c1-13-4-6-14(7-5-13)16(23)12-22-10-8-15(9-11-22)17-20-21-18(24)19(2,3)25-17/h4-8,16,23H,9-12H2,1-3H3,(H,21,24). The van der Waals surface area contributed by atoms with E-state index in [1.807, 2.05) is 45.0 Å². The molecule has 1 amide bonds. The van der Waals surface area contributed by atoms with Crippen molar-refractivity contribution in [3.63, 3.8) is 0 Å². The van der Waals surface area contributed by atoms with Gasteiger partial charge < -0.3 is 5.11 Å². The normalized spacial score (nSPS) is 22.0. The predicted molar refractivity (Wildman–Crippen MR) is 103 cm³/mol. The van der Waals surface area contributed by atoms with Crippen LogP contribution in [0.3, 0.4) is 0 Å². The molecule has 0 aliphatic carbocycles. The van der Waals surface area contributed by atoms with Crippen LogP contribution in [0.2, 0.25) is 0 Å². The zero-order chi connectivity index (χ0) is 18.0. The first kappa shape index (κ1) is 18.2. The largest absolute Gasteiger partial charge is 0.387 e. The van der Waals surface area contributed by atoms with E-state index in [4.69, 9.17) is 0 Å². The maximum Gasteiger partial charge on any atom is 0.256 e. The molecule has 3 rings (SSSR count). The molecular weight excluding hydrogens is 334 g/mol. The first-order valence-electron chi connectivity index (χ1n) is 8.59. The van der Waals surface area contributed by atoms with Crippen LogP contribution in [0.4, 0.5) is 0 Å². The maximum atomic E-state index is 11.8. The first-order valence-corrected chi connectivity index (χ1v) is 9.40. The molecule has 2 aliphatic rings. The van der Waals surface area contributed by atoms with Crippen LogP contribution in [0.15, 0.2) is 41.0 Å². The van der Waals surface area contributed by atoms with Crippen molar-refractivity contribution in [2.45, 2.75) is 38.0 Å². The Morgan fingerprint density at radius 3 is 2.68 bits per heavy atom. The van der Waals surface area contributed by atoms with Gasteiger partial charge >= 0.3 is 0 Å². The van der Waals surface area contributed by atoms with Crippen LogP contribution in [-0.4, -0.2) is 45.3 Å². The highest BCUT2D eigenvalue weighted by Gasteiger charge is 2.35. The van der Waals surface area contributed by atoms with Crippen molar-refractivity contribution in [2.75, 3.05) is 19.6 Å². The van der Waals surface area contributed by atoms with Gasteiger partial charge in [0.05, 0.1) is 10.9 Å². The Hall–Kier alpha value is -1.63. The fraction of sp³-hybridized carbons (Fsp3) is 0.474. The Bertz CT molecular complexity index is 710. The van der Waals surface area contributed by atoms with Crippen LogP contribution >= 0.6 is 11.8 Å². The molecule has 2 heterocycles. The summed E-state index contributed by atoms with van der Waals surface area (Å²) in [5.74, 6) is -0.0551. The van der Waals surface area contributed by atoms with Gasteiger partial charge in [0.2, 0.25) is 0 Å². The Morgan fingerprint density at radius 2 is 2.08 bits per heavy atom. The fourth-order valence-electron chi connectivity index (χ4n) is 2.89. The summed E-state index contributed by atoms with van der Waals surface area (Å²) < 4.78 is -0.489. The second-order valence-corrected chi connectivity index (χ2v) is 8.75. The number of rotatable bonds is 4. The average Bonchev–Trinajstić information content (AvgIpc) is 2.58. The van der Waals surface area contributed by atoms with E-state index in [2.05, 4.69) is 21.5 Å². The van der Waals surface area contributed by atoms with E-state index in [9.17, 15) is 9.90 Å². The van der Waals surface area contributed by atoms with Gasteiger partial charge in [0, 0.05) is 19.6 Å². The lowest BCUT2D eigenvalue weighted by atomic mass is 10.0. The summed E-state index contributed by atoms with van der Waals surface area (Å²) >= 11 is 1.52. The molecule has 1 aromatic rings. The number of hydrogen-bond acceptors (Lipinski definition) is 5. The summed E-state index contributed by atoms with van der Waals surface area (Å²) in [4.78, 5) is 14.0. The number of benzene rings is 1. The molecule has 0 fully saturated rings. The van der Waals surface area contributed by atoms with Crippen LogP contribution < -0.4 is 5.43 Å². The maximum absolute atomic E-state index is 11.8. The number of hydrogen-bond donors (Lipinski definition) is 2. The minimum absolute atomic E-state index is 0.0551. The Balaban J connectivity index is 1.59. The number of hydrazone groups is 1. The van der Waals surface area contributed by atoms with Gasteiger partial charge in [-0.25, -0.2) is 5.43 Å². The van der Waals surface area contributed by atoms with E-state index in [1.165, 1.54) is 22.9 Å². The highest BCUT2D eigenvalue weighted by atomic mass is 32.2. The van der Waals surface area contributed by atoms with Crippen LogP contribution in [0.1, 0.15) is 37.5 Å². The fourth-order valence-corrected chi connectivity index (χ4v) is 3.92. The van der Waals surface area contributed by atoms with Gasteiger partial charge in [-0.05, 0) is 38.3 Å². The van der Waals surface area contributed by atoms with Gasteiger partial charge in [-0.15, -0.1) is 0 Å². The van der Waals surface area contributed by atoms with Crippen LogP contribution in [0.25, 0.3) is 0 Å². The molecule has 0 radical (unpaired) electrons. The SMILES string of the molecule is Cc1ccc(C(O)CN2CC=C(C3=NNC(=O)C(C)(C)S3)CC2)cc1. The number of thioether (sulfide) groups is 1. The molecular formula is C19H25N3O2S. The average molecular weight is 359 g/mol. The van der Waals surface area contributed by atoms with Gasteiger partial charge in [0.1, 0.15) is 5.04 Å². The summed E-state index contributed by atoms with van der Waals surface area (Å²) in [7, 11) is 0. The predicted octanol–water partition coefficient (Wildman–Crippen LogP) is 2.62. The van der Waals surface area contributed by atoms with Gasteiger partial charge in [-0.2, -0.15) is 5.10 Å². The van der Waals surface area contributed by atoms with Gasteiger partial charge in [0.15, 0.2) is 0 Å². The molecule has 134 valence electrons. The molecule has 1 unspecified atom stereocenters.